The number of nitrogens with zero attached hydrogens (tertiary/aromatic N) is 1. The van der Waals surface area contributed by atoms with Gasteiger partial charge in [-0.15, -0.1) is 12.4 Å². The van der Waals surface area contributed by atoms with Gasteiger partial charge in [0.2, 0.25) is 5.91 Å². The Morgan fingerprint density at radius 1 is 1.20 bits per heavy atom. The van der Waals surface area contributed by atoms with Crippen LogP contribution in [0.1, 0.15) is 58.8 Å². The molecule has 0 bridgehead atoms. The lowest BCUT2D eigenvalue weighted by atomic mass is 9.98. The number of hydrogen-bond donors (Lipinski definition) is 1. The van der Waals surface area contributed by atoms with Gasteiger partial charge in [-0.2, -0.15) is 0 Å². The van der Waals surface area contributed by atoms with E-state index in [0.29, 0.717) is 24.4 Å². The largest absolute Gasteiger partial charge is 0.339 e. The van der Waals surface area contributed by atoms with Crippen LogP contribution in [0.4, 0.5) is 0 Å². The monoisotopic (exact) mass is 302 g/mol. The zero-order chi connectivity index (χ0) is 13.7. The lowest BCUT2D eigenvalue weighted by Gasteiger charge is -2.31. The molecule has 0 spiro atoms. The number of rotatable bonds is 6. The average molecular weight is 303 g/mol. The predicted molar refractivity (Wildman–Crippen MR) is 86.3 cm³/mol. The van der Waals surface area contributed by atoms with E-state index < -0.39 is 0 Å². The van der Waals surface area contributed by atoms with Gasteiger partial charge in [0.1, 0.15) is 0 Å². The molecule has 0 aromatic carbocycles. The Morgan fingerprint density at radius 3 is 2.60 bits per heavy atom. The Balaban J connectivity index is 0.00000200. The summed E-state index contributed by atoms with van der Waals surface area (Å²) in [6, 6.07) is 0.484. The Hall–Kier alpha value is -0.280. The number of likely N-dealkylation sites (tertiary alicyclic amines) is 1. The number of nitrogens with one attached hydrogen (secondary N) is 1. The molecule has 0 aromatic rings. The normalized spacial score (nSPS) is 23.4. The van der Waals surface area contributed by atoms with Gasteiger partial charge in [0, 0.05) is 12.6 Å². The maximum absolute atomic E-state index is 12.4. The highest BCUT2D eigenvalue weighted by atomic mass is 35.5. The van der Waals surface area contributed by atoms with E-state index in [9.17, 15) is 4.79 Å². The average Bonchev–Trinajstić information content (AvgIpc) is 3.15. The summed E-state index contributed by atoms with van der Waals surface area (Å²) in [6.45, 7) is 7.08. The zero-order valence-corrected chi connectivity index (χ0v) is 13.9. The summed E-state index contributed by atoms with van der Waals surface area (Å²) in [5.41, 5.74) is 0. The van der Waals surface area contributed by atoms with Crippen molar-refractivity contribution in [2.75, 3.05) is 19.6 Å². The van der Waals surface area contributed by atoms with Crippen molar-refractivity contribution in [2.24, 2.45) is 11.8 Å². The SMILES string of the molecule is CC(C)CC1CCCCCN1C(=O)CNCC1CC1.Cl. The van der Waals surface area contributed by atoms with Gasteiger partial charge in [0.15, 0.2) is 0 Å². The minimum Gasteiger partial charge on any atom is -0.339 e. The van der Waals surface area contributed by atoms with Crippen LogP contribution in [0.3, 0.4) is 0 Å². The minimum atomic E-state index is 0. The van der Waals surface area contributed by atoms with Crippen molar-refractivity contribution < 1.29 is 4.79 Å². The van der Waals surface area contributed by atoms with Gasteiger partial charge in [0.25, 0.3) is 0 Å². The predicted octanol–water partition coefficient (Wildman–Crippen LogP) is 3.23. The van der Waals surface area contributed by atoms with E-state index in [4.69, 9.17) is 0 Å². The van der Waals surface area contributed by atoms with E-state index in [1.807, 2.05) is 0 Å². The first-order valence-electron chi connectivity index (χ1n) is 8.17. The minimum absolute atomic E-state index is 0. The molecule has 2 rings (SSSR count). The fraction of sp³-hybridized carbons (Fsp3) is 0.938. The molecular weight excluding hydrogens is 272 g/mol. The second-order valence-corrected chi connectivity index (χ2v) is 6.79. The van der Waals surface area contributed by atoms with Crippen molar-refractivity contribution in [3.63, 3.8) is 0 Å². The lowest BCUT2D eigenvalue weighted by Crippen LogP contribution is -2.45. The molecule has 0 radical (unpaired) electrons. The molecule has 1 saturated heterocycles. The molecule has 1 aliphatic carbocycles. The summed E-state index contributed by atoms with van der Waals surface area (Å²) < 4.78 is 0. The number of hydrogen-bond acceptors (Lipinski definition) is 2. The van der Waals surface area contributed by atoms with E-state index in [-0.39, 0.29) is 12.4 Å². The Morgan fingerprint density at radius 2 is 1.95 bits per heavy atom. The molecule has 3 nitrogen and oxygen atoms in total. The Labute approximate surface area is 130 Å². The van der Waals surface area contributed by atoms with E-state index in [2.05, 4.69) is 24.1 Å². The standard InChI is InChI=1S/C16H30N2O.ClH/c1-13(2)10-15-6-4-3-5-9-18(15)16(19)12-17-11-14-7-8-14;/h13-15,17H,3-12H2,1-2H3;1H. The van der Waals surface area contributed by atoms with E-state index >= 15 is 0 Å². The molecule has 2 aliphatic rings. The molecule has 20 heavy (non-hydrogen) atoms. The van der Waals surface area contributed by atoms with Crippen molar-refractivity contribution in [2.45, 2.75) is 64.8 Å². The highest BCUT2D eigenvalue weighted by Crippen LogP contribution is 2.27. The van der Waals surface area contributed by atoms with E-state index in [1.165, 1.54) is 38.5 Å². The molecule has 1 N–H and O–H groups in total. The summed E-state index contributed by atoms with van der Waals surface area (Å²) in [6.07, 6.45) is 8.82. The number of carbonyl (C=O) groups excluding carboxylic acids is 1. The highest BCUT2D eigenvalue weighted by Gasteiger charge is 2.26. The van der Waals surface area contributed by atoms with Gasteiger partial charge in [-0.05, 0) is 50.5 Å². The highest BCUT2D eigenvalue weighted by molar-refractivity contribution is 5.85. The number of carbonyl (C=O) groups is 1. The van der Waals surface area contributed by atoms with Crippen LogP contribution in [0.2, 0.25) is 0 Å². The lowest BCUT2D eigenvalue weighted by molar-refractivity contribution is -0.132. The first-order chi connectivity index (χ1) is 9.16. The molecule has 1 unspecified atom stereocenters. The van der Waals surface area contributed by atoms with Crippen LogP contribution in [0.25, 0.3) is 0 Å². The molecule has 1 amide bonds. The van der Waals surface area contributed by atoms with Crippen molar-refractivity contribution in [1.29, 1.82) is 0 Å². The van der Waals surface area contributed by atoms with Crippen molar-refractivity contribution in [1.82, 2.24) is 10.2 Å². The molecule has 1 heterocycles. The fourth-order valence-electron chi connectivity index (χ4n) is 3.10. The summed E-state index contributed by atoms with van der Waals surface area (Å²) in [5.74, 6) is 1.86. The molecule has 0 aromatic heterocycles. The second kappa shape index (κ2) is 8.89. The fourth-order valence-corrected chi connectivity index (χ4v) is 3.10. The van der Waals surface area contributed by atoms with Crippen LogP contribution < -0.4 is 5.32 Å². The third kappa shape index (κ3) is 6.01. The summed E-state index contributed by atoms with van der Waals surface area (Å²) in [7, 11) is 0. The van der Waals surface area contributed by atoms with Crippen molar-refractivity contribution in [3.05, 3.63) is 0 Å². The van der Waals surface area contributed by atoms with E-state index in [1.54, 1.807) is 0 Å². The maximum Gasteiger partial charge on any atom is 0.236 e. The zero-order valence-electron chi connectivity index (χ0n) is 13.1. The molecule has 2 fully saturated rings. The van der Waals surface area contributed by atoms with Gasteiger partial charge >= 0.3 is 0 Å². The van der Waals surface area contributed by atoms with Crippen LogP contribution in [0.15, 0.2) is 0 Å². The third-order valence-electron chi connectivity index (χ3n) is 4.35. The third-order valence-corrected chi connectivity index (χ3v) is 4.35. The van der Waals surface area contributed by atoms with Crippen LogP contribution in [0.5, 0.6) is 0 Å². The Bertz CT molecular complexity index is 292. The molecular formula is C16H31ClN2O. The van der Waals surface area contributed by atoms with E-state index in [0.717, 1.165) is 25.4 Å². The van der Waals surface area contributed by atoms with Crippen LogP contribution in [0, 0.1) is 11.8 Å². The van der Waals surface area contributed by atoms with Crippen molar-refractivity contribution in [3.8, 4) is 0 Å². The first-order valence-corrected chi connectivity index (χ1v) is 8.17. The molecule has 1 aliphatic heterocycles. The van der Waals surface area contributed by atoms with Crippen LogP contribution in [-0.4, -0.2) is 36.5 Å². The molecule has 118 valence electrons. The number of amides is 1. The summed E-state index contributed by atoms with van der Waals surface area (Å²) in [5, 5.41) is 3.35. The van der Waals surface area contributed by atoms with Gasteiger partial charge in [-0.1, -0.05) is 26.7 Å². The topological polar surface area (TPSA) is 32.3 Å². The summed E-state index contributed by atoms with van der Waals surface area (Å²) in [4.78, 5) is 14.6. The van der Waals surface area contributed by atoms with Gasteiger partial charge in [0.05, 0.1) is 6.54 Å². The van der Waals surface area contributed by atoms with Crippen molar-refractivity contribution >= 4 is 18.3 Å². The molecule has 1 saturated carbocycles. The van der Waals surface area contributed by atoms with Crippen LogP contribution in [-0.2, 0) is 4.79 Å². The quantitative estimate of drug-likeness (QED) is 0.817. The summed E-state index contributed by atoms with van der Waals surface area (Å²) >= 11 is 0. The molecule has 4 heteroatoms. The van der Waals surface area contributed by atoms with Gasteiger partial charge in [-0.3, -0.25) is 4.79 Å². The van der Waals surface area contributed by atoms with Gasteiger partial charge in [-0.25, -0.2) is 0 Å². The smallest absolute Gasteiger partial charge is 0.236 e. The van der Waals surface area contributed by atoms with Crippen LogP contribution >= 0.6 is 12.4 Å². The molecule has 1 atom stereocenters. The Kier molecular flexibility index (Phi) is 7.90. The second-order valence-electron chi connectivity index (χ2n) is 6.79. The maximum atomic E-state index is 12.4. The first kappa shape index (κ1) is 17.8. The number of halogens is 1. The van der Waals surface area contributed by atoms with Gasteiger partial charge < -0.3 is 10.2 Å².